The molecule has 2 amide bonds. The molecule has 0 aromatic heterocycles. The molecule has 1 aliphatic rings. The zero-order valence-corrected chi connectivity index (χ0v) is 12.3. The molecule has 1 fully saturated rings. The lowest BCUT2D eigenvalue weighted by atomic mass is 10.2. The molecule has 2 rings (SSSR count). The third kappa shape index (κ3) is 4.22. The molecule has 2 unspecified atom stereocenters. The predicted molar refractivity (Wildman–Crippen MR) is 79.9 cm³/mol. The third-order valence-corrected chi connectivity index (χ3v) is 4.30. The normalized spacial score (nSPS) is 21.3. The van der Waals surface area contributed by atoms with Crippen LogP contribution in [0.1, 0.15) is 6.42 Å². The highest BCUT2D eigenvalue weighted by Crippen LogP contribution is 2.22. The maximum atomic E-state index is 11.9. The Morgan fingerprint density at radius 2 is 2.10 bits per heavy atom. The standard InChI is InChI=1S/C14H16N2O4S/c1-20-14(19)10-8-21-11(13(18)16-10)7-12(17)15-9-5-3-2-4-6-9/h2-6,10-11H,7-8H2,1H3,(H,15,17)(H,16,18). The van der Waals surface area contributed by atoms with E-state index in [9.17, 15) is 14.4 Å². The van der Waals surface area contributed by atoms with Crippen LogP contribution in [0.5, 0.6) is 0 Å². The first-order valence-corrected chi connectivity index (χ1v) is 7.49. The number of carbonyl (C=O) groups excluding carboxylic acids is 3. The second-order valence-electron chi connectivity index (χ2n) is 4.52. The second kappa shape index (κ2) is 7.12. The number of para-hydroxylation sites is 1. The highest BCUT2D eigenvalue weighted by molar-refractivity contribution is 8.00. The Balaban J connectivity index is 1.85. The molecule has 2 atom stereocenters. The minimum atomic E-state index is -0.638. The molecule has 0 bridgehead atoms. The molecule has 7 heteroatoms. The molecule has 112 valence electrons. The van der Waals surface area contributed by atoms with E-state index in [-0.39, 0.29) is 18.2 Å². The number of thioether (sulfide) groups is 1. The van der Waals surface area contributed by atoms with Crippen LogP contribution in [0, 0.1) is 0 Å². The molecule has 1 aromatic carbocycles. The first-order valence-electron chi connectivity index (χ1n) is 6.45. The molecule has 0 saturated carbocycles. The van der Waals surface area contributed by atoms with Crippen LogP contribution in [-0.2, 0) is 19.1 Å². The minimum Gasteiger partial charge on any atom is -0.467 e. The maximum absolute atomic E-state index is 11.9. The topological polar surface area (TPSA) is 84.5 Å². The second-order valence-corrected chi connectivity index (χ2v) is 5.76. The van der Waals surface area contributed by atoms with Gasteiger partial charge in [0.25, 0.3) is 0 Å². The molecule has 1 aliphatic heterocycles. The molecule has 2 N–H and O–H groups in total. The lowest BCUT2D eigenvalue weighted by molar-refractivity contribution is -0.144. The van der Waals surface area contributed by atoms with E-state index in [1.165, 1.54) is 18.9 Å². The average Bonchev–Trinajstić information content (AvgIpc) is 2.49. The molecule has 0 aliphatic carbocycles. The van der Waals surface area contributed by atoms with E-state index in [0.29, 0.717) is 11.4 Å². The molecule has 1 heterocycles. The molecule has 1 saturated heterocycles. The lowest BCUT2D eigenvalue weighted by Gasteiger charge is -2.26. The van der Waals surface area contributed by atoms with Gasteiger partial charge in [-0.2, -0.15) is 0 Å². The molecule has 6 nitrogen and oxygen atoms in total. The van der Waals surface area contributed by atoms with Gasteiger partial charge in [0.05, 0.1) is 12.4 Å². The van der Waals surface area contributed by atoms with Crippen LogP contribution >= 0.6 is 11.8 Å². The van der Waals surface area contributed by atoms with Crippen LogP contribution < -0.4 is 10.6 Å². The molecular weight excluding hydrogens is 292 g/mol. The number of methoxy groups -OCH3 is 1. The summed E-state index contributed by atoms with van der Waals surface area (Å²) in [4.78, 5) is 35.1. The van der Waals surface area contributed by atoms with Gasteiger partial charge < -0.3 is 15.4 Å². The Morgan fingerprint density at radius 3 is 2.71 bits per heavy atom. The summed E-state index contributed by atoms with van der Waals surface area (Å²) >= 11 is 1.29. The Morgan fingerprint density at radius 1 is 1.38 bits per heavy atom. The van der Waals surface area contributed by atoms with E-state index in [1.807, 2.05) is 18.2 Å². The first kappa shape index (κ1) is 15.4. The number of esters is 1. The van der Waals surface area contributed by atoms with Gasteiger partial charge in [-0.25, -0.2) is 4.79 Å². The van der Waals surface area contributed by atoms with Crippen molar-refractivity contribution in [2.45, 2.75) is 17.7 Å². The van der Waals surface area contributed by atoms with Gasteiger partial charge in [-0.15, -0.1) is 11.8 Å². The molecule has 21 heavy (non-hydrogen) atoms. The number of amides is 2. The van der Waals surface area contributed by atoms with Crippen LogP contribution in [0.15, 0.2) is 30.3 Å². The number of anilines is 1. The molecular formula is C14H16N2O4S. The fraction of sp³-hybridized carbons (Fsp3) is 0.357. The average molecular weight is 308 g/mol. The number of rotatable bonds is 4. The maximum Gasteiger partial charge on any atom is 0.329 e. The van der Waals surface area contributed by atoms with E-state index >= 15 is 0 Å². The van der Waals surface area contributed by atoms with Gasteiger partial charge in [0.15, 0.2) is 0 Å². The van der Waals surface area contributed by atoms with Crippen molar-refractivity contribution in [3.05, 3.63) is 30.3 Å². The minimum absolute atomic E-state index is 0.0687. The number of carbonyl (C=O) groups is 3. The number of hydrogen-bond acceptors (Lipinski definition) is 5. The van der Waals surface area contributed by atoms with Crippen LogP contribution in [0.4, 0.5) is 5.69 Å². The van der Waals surface area contributed by atoms with Gasteiger partial charge in [-0.1, -0.05) is 18.2 Å². The summed E-state index contributed by atoms with van der Waals surface area (Å²) < 4.78 is 4.59. The van der Waals surface area contributed by atoms with E-state index in [2.05, 4.69) is 15.4 Å². The van der Waals surface area contributed by atoms with Gasteiger partial charge >= 0.3 is 5.97 Å². The smallest absolute Gasteiger partial charge is 0.329 e. The Labute approximate surface area is 126 Å². The van der Waals surface area contributed by atoms with Crippen molar-refractivity contribution in [2.24, 2.45) is 0 Å². The van der Waals surface area contributed by atoms with Crippen molar-refractivity contribution in [3.63, 3.8) is 0 Å². The largest absolute Gasteiger partial charge is 0.467 e. The molecule has 1 aromatic rings. The van der Waals surface area contributed by atoms with Gasteiger partial charge in [-0.3, -0.25) is 9.59 Å². The van der Waals surface area contributed by atoms with Crippen molar-refractivity contribution in [1.29, 1.82) is 0 Å². The Bertz CT molecular complexity index is 535. The first-order chi connectivity index (χ1) is 10.1. The van der Waals surface area contributed by atoms with Crippen LogP contribution in [-0.4, -0.2) is 41.9 Å². The van der Waals surface area contributed by atoms with Gasteiger partial charge in [-0.05, 0) is 12.1 Å². The summed E-state index contributed by atoms with van der Waals surface area (Å²) in [5.74, 6) is -0.611. The van der Waals surface area contributed by atoms with Gasteiger partial charge in [0.1, 0.15) is 6.04 Å². The van der Waals surface area contributed by atoms with E-state index in [0.717, 1.165) is 0 Å². The summed E-state index contributed by atoms with van der Waals surface area (Å²) in [6.07, 6.45) is 0.0687. The number of nitrogens with one attached hydrogen (secondary N) is 2. The van der Waals surface area contributed by atoms with Crippen molar-refractivity contribution < 1.29 is 19.1 Å². The Hall–Kier alpha value is -2.02. The van der Waals surface area contributed by atoms with Crippen LogP contribution in [0.3, 0.4) is 0 Å². The summed E-state index contributed by atoms with van der Waals surface area (Å²) in [6, 6.07) is 8.41. The summed E-state index contributed by atoms with van der Waals surface area (Å²) in [6.45, 7) is 0. The number of ether oxygens (including phenoxy) is 1. The van der Waals surface area contributed by atoms with E-state index in [1.54, 1.807) is 12.1 Å². The van der Waals surface area contributed by atoms with E-state index < -0.39 is 17.3 Å². The number of benzene rings is 1. The highest BCUT2D eigenvalue weighted by Gasteiger charge is 2.33. The zero-order valence-electron chi connectivity index (χ0n) is 11.5. The van der Waals surface area contributed by atoms with E-state index in [4.69, 9.17) is 0 Å². The summed E-state index contributed by atoms with van der Waals surface area (Å²) in [5, 5.41) is 4.81. The van der Waals surface area contributed by atoms with Crippen molar-refractivity contribution in [3.8, 4) is 0 Å². The zero-order chi connectivity index (χ0) is 15.2. The summed E-state index contributed by atoms with van der Waals surface area (Å²) in [7, 11) is 1.28. The van der Waals surface area contributed by atoms with Gasteiger partial charge in [0, 0.05) is 17.9 Å². The summed E-state index contributed by atoms with van der Waals surface area (Å²) in [5.41, 5.74) is 0.691. The fourth-order valence-corrected chi connectivity index (χ4v) is 3.05. The van der Waals surface area contributed by atoms with Crippen LogP contribution in [0.25, 0.3) is 0 Å². The van der Waals surface area contributed by atoms with Crippen molar-refractivity contribution >= 4 is 35.2 Å². The van der Waals surface area contributed by atoms with Crippen LogP contribution in [0.2, 0.25) is 0 Å². The molecule has 0 spiro atoms. The number of hydrogen-bond donors (Lipinski definition) is 2. The SMILES string of the molecule is COC(=O)C1CSC(CC(=O)Nc2ccccc2)C(=O)N1. The lowest BCUT2D eigenvalue weighted by Crippen LogP contribution is -2.51. The molecule has 0 radical (unpaired) electrons. The Kier molecular flexibility index (Phi) is 5.21. The van der Waals surface area contributed by atoms with Gasteiger partial charge in [0.2, 0.25) is 11.8 Å². The monoisotopic (exact) mass is 308 g/mol. The van der Waals surface area contributed by atoms with Crippen molar-refractivity contribution in [1.82, 2.24) is 5.32 Å². The highest BCUT2D eigenvalue weighted by atomic mass is 32.2. The quantitative estimate of drug-likeness (QED) is 0.803. The van der Waals surface area contributed by atoms with Crippen molar-refractivity contribution in [2.75, 3.05) is 18.2 Å². The fourth-order valence-electron chi connectivity index (χ4n) is 1.92. The third-order valence-electron chi connectivity index (χ3n) is 2.99. The predicted octanol–water partition coefficient (Wildman–Crippen LogP) is 0.788.